The van der Waals surface area contributed by atoms with E-state index in [0.717, 1.165) is 19.3 Å². The predicted molar refractivity (Wildman–Crippen MR) is 43.6 cm³/mol. The Morgan fingerprint density at radius 2 is 2.30 bits per heavy atom. The molecule has 2 nitrogen and oxygen atoms in total. The lowest BCUT2D eigenvalue weighted by atomic mass is 10.2. The second-order valence-corrected chi connectivity index (χ2v) is 3.27. The average molecular weight is 160 g/mol. The van der Waals surface area contributed by atoms with E-state index in [1.165, 1.54) is 0 Å². The second kappa shape index (κ2) is 6.86. The Balaban J connectivity index is 2.92. The maximum atomic E-state index is 10.4. The molecule has 0 aliphatic carbocycles. The van der Waals surface area contributed by atoms with E-state index in [0.29, 0.717) is 6.61 Å². The quantitative estimate of drug-likeness (QED) is 0.349. The van der Waals surface area contributed by atoms with Gasteiger partial charge in [-0.15, -0.1) is 12.3 Å². The van der Waals surface area contributed by atoms with E-state index in [1.54, 1.807) is 6.66 Å². The molecule has 0 rings (SSSR count). The zero-order chi connectivity index (χ0) is 7.82. The first-order valence-corrected chi connectivity index (χ1v) is 5.16. The average Bonchev–Trinajstić information content (AvgIpc) is 1.87. The minimum atomic E-state index is -1.72. The summed E-state index contributed by atoms with van der Waals surface area (Å²) in [6, 6.07) is 0. The van der Waals surface area contributed by atoms with Crippen molar-refractivity contribution in [3.8, 4) is 12.3 Å². The fourth-order valence-corrected chi connectivity index (χ4v) is 0.977. The van der Waals surface area contributed by atoms with Crippen molar-refractivity contribution in [1.29, 1.82) is 0 Å². The molecule has 0 saturated heterocycles. The lowest BCUT2D eigenvalue weighted by molar-refractivity contribution is 0.322. The molecule has 0 aliphatic heterocycles. The van der Waals surface area contributed by atoms with E-state index in [1.807, 2.05) is 0 Å². The number of terminal acetylenes is 1. The van der Waals surface area contributed by atoms with Crippen LogP contribution in [0.15, 0.2) is 0 Å². The van der Waals surface area contributed by atoms with E-state index in [4.69, 9.17) is 10.9 Å². The van der Waals surface area contributed by atoms with Gasteiger partial charge in [0.25, 0.3) is 0 Å². The number of unbranched alkanes of at least 4 members (excludes halogenated alkanes) is 2. The number of hydrogen-bond acceptors (Lipinski definition) is 2. The third-order valence-corrected chi connectivity index (χ3v) is 1.63. The van der Waals surface area contributed by atoms with Crippen LogP contribution in [-0.2, 0) is 9.09 Å². The van der Waals surface area contributed by atoms with Crippen LogP contribution in [0.4, 0.5) is 0 Å². The van der Waals surface area contributed by atoms with Gasteiger partial charge < -0.3 is 4.52 Å². The van der Waals surface area contributed by atoms with Crippen molar-refractivity contribution >= 4 is 8.03 Å². The molecule has 3 heteroatoms. The highest BCUT2D eigenvalue weighted by molar-refractivity contribution is 7.38. The minimum Gasteiger partial charge on any atom is -0.331 e. The van der Waals surface area contributed by atoms with E-state index >= 15 is 0 Å². The zero-order valence-electron chi connectivity index (χ0n) is 6.22. The Labute approximate surface area is 62.8 Å². The molecular weight excluding hydrogens is 147 g/mol. The van der Waals surface area contributed by atoms with E-state index < -0.39 is 8.03 Å². The summed E-state index contributed by atoms with van der Waals surface area (Å²) in [6.45, 7) is 2.17. The maximum Gasteiger partial charge on any atom is 0.188 e. The molecule has 0 aromatic heterocycles. The molecule has 1 atom stereocenters. The highest BCUT2D eigenvalue weighted by Crippen LogP contribution is 2.15. The van der Waals surface area contributed by atoms with Gasteiger partial charge in [0.05, 0.1) is 6.61 Å². The molecule has 0 spiro atoms. The van der Waals surface area contributed by atoms with Crippen LogP contribution < -0.4 is 0 Å². The molecule has 10 heavy (non-hydrogen) atoms. The largest absolute Gasteiger partial charge is 0.331 e. The van der Waals surface area contributed by atoms with Gasteiger partial charge in [0.15, 0.2) is 8.03 Å². The Morgan fingerprint density at radius 3 is 2.80 bits per heavy atom. The van der Waals surface area contributed by atoms with Gasteiger partial charge in [0.1, 0.15) is 0 Å². The normalized spacial score (nSPS) is 12.4. The van der Waals surface area contributed by atoms with Crippen LogP contribution in [0.1, 0.15) is 19.3 Å². The maximum absolute atomic E-state index is 10.4. The van der Waals surface area contributed by atoms with Crippen LogP contribution >= 0.6 is 8.03 Å². The molecule has 0 heterocycles. The van der Waals surface area contributed by atoms with Crippen molar-refractivity contribution in [3.05, 3.63) is 0 Å². The molecule has 0 N–H and O–H groups in total. The van der Waals surface area contributed by atoms with Crippen molar-refractivity contribution in [2.75, 3.05) is 13.3 Å². The SMILES string of the molecule is C#CCCCCO[PH](C)=O. The standard InChI is InChI=1S/C7H13O2P/c1-3-4-5-6-7-9-10(2)8/h1,10H,4-7H2,2H3. The van der Waals surface area contributed by atoms with Crippen LogP contribution in [0.2, 0.25) is 0 Å². The first kappa shape index (κ1) is 9.75. The molecule has 0 aromatic carbocycles. The zero-order valence-corrected chi connectivity index (χ0v) is 7.22. The van der Waals surface area contributed by atoms with Crippen LogP contribution in [-0.4, -0.2) is 13.3 Å². The Morgan fingerprint density at radius 1 is 1.60 bits per heavy atom. The van der Waals surface area contributed by atoms with E-state index in [-0.39, 0.29) is 0 Å². The summed E-state index contributed by atoms with van der Waals surface area (Å²) < 4.78 is 15.3. The summed E-state index contributed by atoms with van der Waals surface area (Å²) in [5, 5.41) is 0. The van der Waals surface area contributed by atoms with Crippen LogP contribution in [0, 0.1) is 12.3 Å². The molecule has 0 bridgehead atoms. The molecule has 0 radical (unpaired) electrons. The molecule has 0 saturated carbocycles. The van der Waals surface area contributed by atoms with Crippen LogP contribution in [0.5, 0.6) is 0 Å². The lowest BCUT2D eigenvalue weighted by Gasteiger charge is -1.97. The van der Waals surface area contributed by atoms with Crippen LogP contribution in [0.25, 0.3) is 0 Å². The molecule has 0 fully saturated rings. The van der Waals surface area contributed by atoms with Crippen molar-refractivity contribution in [3.63, 3.8) is 0 Å². The van der Waals surface area contributed by atoms with E-state index in [9.17, 15) is 4.57 Å². The third-order valence-electron chi connectivity index (χ3n) is 1.02. The van der Waals surface area contributed by atoms with Gasteiger partial charge in [-0.05, 0) is 12.8 Å². The smallest absolute Gasteiger partial charge is 0.188 e. The fourth-order valence-electron chi connectivity index (χ4n) is 0.545. The molecule has 0 aliphatic rings. The lowest BCUT2D eigenvalue weighted by Crippen LogP contribution is -1.85. The summed E-state index contributed by atoms with van der Waals surface area (Å²) in [5.41, 5.74) is 0. The summed E-state index contributed by atoms with van der Waals surface area (Å²) in [5.74, 6) is 2.53. The van der Waals surface area contributed by atoms with Gasteiger partial charge in [-0.1, -0.05) is 0 Å². The minimum absolute atomic E-state index is 0.579. The number of hydrogen-bond donors (Lipinski definition) is 0. The topological polar surface area (TPSA) is 26.3 Å². The van der Waals surface area contributed by atoms with Gasteiger partial charge in [-0.25, -0.2) is 0 Å². The van der Waals surface area contributed by atoms with E-state index in [2.05, 4.69) is 5.92 Å². The summed E-state index contributed by atoms with van der Waals surface area (Å²) >= 11 is 0. The monoisotopic (exact) mass is 160 g/mol. The first-order valence-electron chi connectivity index (χ1n) is 3.34. The van der Waals surface area contributed by atoms with Crippen molar-refractivity contribution in [2.24, 2.45) is 0 Å². The van der Waals surface area contributed by atoms with Gasteiger partial charge in [0, 0.05) is 13.1 Å². The van der Waals surface area contributed by atoms with Gasteiger partial charge >= 0.3 is 0 Å². The molecular formula is C7H13O2P. The van der Waals surface area contributed by atoms with Gasteiger partial charge in [0.2, 0.25) is 0 Å². The highest BCUT2D eigenvalue weighted by Gasteiger charge is 1.89. The molecule has 0 aromatic rings. The molecule has 0 amide bonds. The summed E-state index contributed by atoms with van der Waals surface area (Å²) in [6.07, 6.45) is 7.69. The second-order valence-electron chi connectivity index (χ2n) is 2.00. The van der Waals surface area contributed by atoms with Gasteiger partial charge in [-0.3, -0.25) is 4.57 Å². The number of rotatable bonds is 5. The molecule has 58 valence electrons. The fraction of sp³-hybridized carbons (Fsp3) is 0.714. The predicted octanol–water partition coefficient (Wildman–Crippen LogP) is 1.91. The van der Waals surface area contributed by atoms with Crippen molar-refractivity contribution < 1.29 is 9.09 Å². The molecule has 1 unspecified atom stereocenters. The van der Waals surface area contributed by atoms with Crippen molar-refractivity contribution in [2.45, 2.75) is 19.3 Å². The Hall–Kier alpha value is -0.250. The summed E-state index contributed by atoms with van der Waals surface area (Å²) in [4.78, 5) is 0. The Bertz CT molecular complexity index is 137. The Kier molecular flexibility index (Phi) is 6.69. The third kappa shape index (κ3) is 7.75. The van der Waals surface area contributed by atoms with Crippen LogP contribution in [0.3, 0.4) is 0 Å². The summed E-state index contributed by atoms with van der Waals surface area (Å²) in [7, 11) is -1.72. The van der Waals surface area contributed by atoms with Crippen molar-refractivity contribution in [1.82, 2.24) is 0 Å². The highest BCUT2D eigenvalue weighted by atomic mass is 31.1. The first-order chi connectivity index (χ1) is 4.77. The van der Waals surface area contributed by atoms with Gasteiger partial charge in [-0.2, -0.15) is 0 Å².